The van der Waals surface area contributed by atoms with E-state index in [1.807, 2.05) is 24.3 Å². The summed E-state index contributed by atoms with van der Waals surface area (Å²) >= 11 is 0. The maximum Gasteiger partial charge on any atom is 0.251 e. The first-order valence-corrected chi connectivity index (χ1v) is 8.20. The standard InChI is InChI=1S/C20H19FN2O3/c1-13-17(4-3-5-18(13)21)19(24)22-11-10-15-12-26-20(23-15)14-6-8-16(25-2)9-7-14/h3-9,12H,10-11H2,1-2H3,(H,22,24). The highest BCUT2D eigenvalue weighted by Gasteiger charge is 2.12. The van der Waals surface area contributed by atoms with Crippen LogP contribution in [-0.4, -0.2) is 24.5 Å². The van der Waals surface area contributed by atoms with Crippen molar-refractivity contribution in [1.82, 2.24) is 10.3 Å². The molecule has 1 N–H and O–H groups in total. The Labute approximate surface area is 150 Å². The molecule has 1 aromatic heterocycles. The van der Waals surface area contributed by atoms with Crippen molar-refractivity contribution >= 4 is 5.91 Å². The van der Waals surface area contributed by atoms with Crippen molar-refractivity contribution in [3.05, 3.63) is 71.4 Å². The van der Waals surface area contributed by atoms with Crippen molar-refractivity contribution in [2.75, 3.05) is 13.7 Å². The molecule has 1 heterocycles. The average Bonchev–Trinajstić information content (AvgIpc) is 3.13. The third-order valence-electron chi connectivity index (χ3n) is 4.07. The second-order valence-corrected chi connectivity index (χ2v) is 5.79. The van der Waals surface area contributed by atoms with Gasteiger partial charge in [0, 0.05) is 24.1 Å². The van der Waals surface area contributed by atoms with Gasteiger partial charge < -0.3 is 14.5 Å². The summed E-state index contributed by atoms with van der Waals surface area (Å²) in [6.45, 7) is 1.96. The lowest BCUT2D eigenvalue weighted by atomic mass is 10.1. The third kappa shape index (κ3) is 3.91. The van der Waals surface area contributed by atoms with Crippen molar-refractivity contribution < 1.29 is 18.3 Å². The number of ether oxygens (including phenoxy) is 1. The van der Waals surface area contributed by atoms with Gasteiger partial charge in [-0.2, -0.15) is 0 Å². The van der Waals surface area contributed by atoms with Crippen LogP contribution in [0.3, 0.4) is 0 Å². The number of amides is 1. The number of carbonyl (C=O) groups excluding carboxylic acids is 1. The van der Waals surface area contributed by atoms with E-state index in [0.717, 1.165) is 17.0 Å². The topological polar surface area (TPSA) is 64.4 Å². The molecule has 26 heavy (non-hydrogen) atoms. The number of nitrogens with one attached hydrogen (secondary N) is 1. The maximum atomic E-state index is 13.5. The van der Waals surface area contributed by atoms with Crippen molar-refractivity contribution in [2.45, 2.75) is 13.3 Å². The Balaban J connectivity index is 1.58. The third-order valence-corrected chi connectivity index (χ3v) is 4.07. The lowest BCUT2D eigenvalue weighted by Gasteiger charge is -2.07. The molecular formula is C20H19FN2O3. The van der Waals surface area contributed by atoms with Crippen LogP contribution in [-0.2, 0) is 6.42 Å². The quantitative estimate of drug-likeness (QED) is 0.732. The molecule has 134 valence electrons. The number of rotatable bonds is 6. The minimum absolute atomic E-state index is 0.305. The number of methoxy groups -OCH3 is 1. The van der Waals surface area contributed by atoms with E-state index < -0.39 is 5.82 Å². The van der Waals surface area contributed by atoms with Gasteiger partial charge in [0.1, 0.15) is 17.8 Å². The van der Waals surface area contributed by atoms with Gasteiger partial charge in [-0.05, 0) is 48.9 Å². The lowest BCUT2D eigenvalue weighted by Crippen LogP contribution is -2.26. The van der Waals surface area contributed by atoms with E-state index >= 15 is 0 Å². The molecule has 0 saturated carbocycles. The highest BCUT2D eigenvalue weighted by atomic mass is 19.1. The number of carbonyl (C=O) groups is 1. The predicted molar refractivity (Wildman–Crippen MR) is 95.7 cm³/mol. The second-order valence-electron chi connectivity index (χ2n) is 5.79. The molecule has 0 unspecified atom stereocenters. The van der Waals surface area contributed by atoms with Crippen molar-refractivity contribution in [3.63, 3.8) is 0 Å². The van der Waals surface area contributed by atoms with Gasteiger partial charge in [-0.15, -0.1) is 0 Å². The molecule has 0 aliphatic carbocycles. The summed E-state index contributed by atoms with van der Waals surface area (Å²) in [7, 11) is 1.61. The minimum Gasteiger partial charge on any atom is -0.497 e. The largest absolute Gasteiger partial charge is 0.497 e. The molecule has 5 nitrogen and oxygen atoms in total. The normalized spacial score (nSPS) is 10.6. The Morgan fingerprint density at radius 1 is 1.23 bits per heavy atom. The molecule has 0 radical (unpaired) electrons. The molecule has 0 bridgehead atoms. The fourth-order valence-corrected chi connectivity index (χ4v) is 2.54. The van der Waals surface area contributed by atoms with Crippen LogP contribution in [0.5, 0.6) is 5.75 Å². The molecule has 1 amide bonds. The molecule has 6 heteroatoms. The summed E-state index contributed by atoms with van der Waals surface area (Å²) in [5, 5.41) is 2.78. The summed E-state index contributed by atoms with van der Waals surface area (Å²) in [5.41, 5.74) is 2.25. The Morgan fingerprint density at radius 3 is 2.73 bits per heavy atom. The molecule has 3 aromatic rings. The molecule has 0 saturated heterocycles. The van der Waals surface area contributed by atoms with Gasteiger partial charge in [0.25, 0.3) is 5.91 Å². The monoisotopic (exact) mass is 354 g/mol. The first-order chi connectivity index (χ1) is 12.6. The van der Waals surface area contributed by atoms with Crippen molar-refractivity contribution in [3.8, 4) is 17.2 Å². The van der Waals surface area contributed by atoms with Crippen LogP contribution in [0.25, 0.3) is 11.5 Å². The summed E-state index contributed by atoms with van der Waals surface area (Å²) in [5.74, 6) is 0.574. The summed E-state index contributed by atoms with van der Waals surface area (Å²) < 4.78 is 24.1. The zero-order chi connectivity index (χ0) is 18.5. The van der Waals surface area contributed by atoms with Crippen LogP contribution >= 0.6 is 0 Å². The second kappa shape index (κ2) is 7.82. The summed E-state index contributed by atoms with van der Waals surface area (Å²) in [6, 6.07) is 11.9. The van der Waals surface area contributed by atoms with E-state index in [1.165, 1.54) is 12.1 Å². The van der Waals surface area contributed by atoms with E-state index in [2.05, 4.69) is 10.3 Å². The van der Waals surface area contributed by atoms with Crippen LogP contribution in [0, 0.1) is 12.7 Å². The van der Waals surface area contributed by atoms with E-state index in [4.69, 9.17) is 9.15 Å². The number of oxazole rings is 1. The first-order valence-electron chi connectivity index (χ1n) is 8.20. The van der Waals surface area contributed by atoms with Crippen molar-refractivity contribution in [1.29, 1.82) is 0 Å². The number of halogens is 1. The van der Waals surface area contributed by atoms with E-state index in [-0.39, 0.29) is 5.91 Å². The molecule has 0 atom stereocenters. The van der Waals surface area contributed by atoms with Gasteiger partial charge in [-0.3, -0.25) is 4.79 Å². The number of aromatic nitrogens is 1. The Hall–Kier alpha value is -3.15. The van der Waals surface area contributed by atoms with Crippen LogP contribution < -0.4 is 10.1 Å². The van der Waals surface area contributed by atoms with Crippen LogP contribution in [0.15, 0.2) is 53.1 Å². The van der Waals surface area contributed by atoms with E-state index in [1.54, 1.807) is 26.4 Å². The van der Waals surface area contributed by atoms with E-state index in [9.17, 15) is 9.18 Å². The maximum absolute atomic E-state index is 13.5. The molecular weight excluding hydrogens is 335 g/mol. The van der Waals surface area contributed by atoms with Gasteiger partial charge >= 0.3 is 0 Å². The van der Waals surface area contributed by atoms with Gasteiger partial charge in [0.15, 0.2) is 0 Å². The molecule has 0 fully saturated rings. The highest BCUT2D eigenvalue weighted by Crippen LogP contribution is 2.21. The fraction of sp³-hybridized carbons (Fsp3) is 0.200. The predicted octanol–water partition coefficient (Wildman–Crippen LogP) is 3.77. The minimum atomic E-state index is -0.390. The highest BCUT2D eigenvalue weighted by molar-refractivity contribution is 5.95. The Bertz CT molecular complexity index is 904. The molecule has 0 spiro atoms. The Morgan fingerprint density at radius 2 is 2.00 bits per heavy atom. The zero-order valence-corrected chi connectivity index (χ0v) is 14.6. The number of nitrogens with zero attached hydrogens (tertiary/aromatic N) is 1. The SMILES string of the molecule is COc1ccc(-c2nc(CCNC(=O)c3cccc(F)c3C)co2)cc1. The fourth-order valence-electron chi connectivity index (χ4n) is 2.54. The number of benzene rings is 2. The van der Waals surface area contributed by atoms with E-state index in [0.29, 0.717) is 30.0 Å². The number of hydrogen-bond acceptors (Lipinski definition) is 4. The molecule has 3 rings (SSSR count). The average molecular weight is 354 g/mol. The van der Waals surface area contributed by atoms with Gasteiger partial charge in [-0.1, -0.05) is 6.07 Å². The van der Waals surface area contributed by atoms with Crippen molar-refractivity contribution in [2.24, 2.45) is 0 Å². The zero-order valence-electron chi connectivity index (χ0n) is 14.6. The molecule has 2 aromatic carbocycles. The Kier molecular flexibility index (Phi) is 5.31. The molecule has 0 aliphatic rings. The molecule has 0 aliphatic heterocycles. The summed E-state index contributed by atoms with van der Waals surface area (Å²) in [4.78, 5) is 16.6. The van der Waals surface area contributed by atoms with Gasteiger partial charge in [0.2, 0.25) is 5.89 Å². The first kappa shape index (κ1) is 17.7. The van der Waals surface area contributed by atoms with Crippen LogP contribution in [0.4, 0.5) is 4.39 Å². The summed E-state index contributed by atoms with van der Waals surface area (Å²) in [6.07, 6.45) is 2.08. The smallest absolute Gasteiger partial charge is 0.251 e. The van der Waals surface area contributed by atoms with Gasteiger partial charge in [-0.25, -0.2) is 9.37 Å². The number of hydrogen-bond donors (Lipinski definition) is 1. The van der Waals surface area contributed by atoms with Crippen LogP contribution in [0.2, 0.25) is 0 Å². The lowest BCUT2D eigenvalue weighted by molar-refractivity contribution is 0.0953. The van der Waals surface area contributed by atoms with Crippen LogP contribution in [0.1, 0.15) is 21.6 Å². The van der Waals surface area contributed by atoms with Gasteiger partial charge in [0.05, 0.1) is 12.8 Å².